The van der Waals surface area contributed by atoms with Crippen molar-refractivity contribution in [3.05, 3.63) is 0 Å². The van der Waals surface area contributed by atoms with Crippen LogP contribution in [0.15, 0.2) is 0 Å². The number of hydrogen-bond donors (Lipinski definition) is 0. The average Bonchev–Trinajstić information content (AvgIpc) is 2.95. The molecule has 0 aromatic heterocycles. The van der Waals surface area contributed by atoms with Crippen LogP contribution in [0.3, 0.4) is 0 Å². The summed E-state index contributed by atoms with van der Waals surface area (Å²) in [6.07, 6.45) is 6.26. The van der Waals surface area contributed by atoms with Gasteiger partial charge in [0, 0.05) is 23.8 Å². The second-order valence-electron chi connectivity index (χ2n) is 4.93. The van der Waals surface area contributed by atoms with E-state index in [9.17, 15) is 4.79 Å². The third kappa shape index (κ3) is 2.55. The maximum atomic E-state index is 12.3. The molecule has 2 aliphatic rings. The van der Waals surface area contributed by atoms with E-state index in [4.69, 9.17) is 0 Å². The zero-order valence-corrected chi connectivity index (χ0v) is 11.0. The van der Waals surface area contributed by atoms with Gasteiger partial charge in [0.2, 0.25) is 5.91 Å². The highest BCUT2D eigenvalue weighted by atomic mass is 79.9. The van der Waals surface area contributed by atoms with Crippen LogP contribution in [0.1, 0.15) is 39.0 Å². The molecule has 0 N–H and O–H groups in total. The molecule has 0 saturated heterocycles. The summed E-state index contributed by atoms with van der Waals surface area (Å²) in [7, 11) is 0. The SMILES string of the molecule is CC(C(=O)N(CCBr)C1CCC1)C1CC1. The lowest BCUT2D eigenvalue weighted by molar-refractivity contribution is -0.139. The van der Waals surface area contributed by atoms with Gasteiger partial charge in [-0.15, -0.1) is 0 Å². The molecular formula is C12H20BrNO. The first-order valence-corrected chi connectivity index (χ1v) is 7.22. The second kappa shape index (κ2) is 4.86. The summed E-state index contributed by atoms with van der Waals surface area (Å²) in [6.45, 7) is 3.00. The van der Waals surface area contributed by atoms with Crippen LogP contribution in [0.25, 0.3) is 0 Å². The Labute approximate surface area is 101 Å². The van der Waals surface area contributed by atoms with Gasteiger partial charge in [-0.1, -0.05) is 22.9 Å². The third-order valence-electron chi connectivity index (χ3n) is 3.84. The molecule has 0 aromatic rings. The van der Waals surface area contributed by atoms with Crippen molar-refractivity contribution in [2.24, 2.45) is 11.8 Å². The molecule has 0 spiro atoms. The molecule has 2 fully saturated rings. The van der Waals surface area contributed by atoms with Crippen molar-refractivity contribution in [3.8, 4) is 0 Å². The number of halogens is 1. The van der Waals surface area contributed by atoms with Crippen LogP contribution in [0.5, 0.6) is 0 Å². The van der Waals surface area contributed by atoms with Crippen molar-refractivity contribution in [3.63, 3.8) is 0 Å². The van der Waals surface area contributed by atoms with Gasteiger partial charge in [-0.2, -0.15) is 0 Å². The van der Waals surface area contributed by atoms with E-state index in [1.165, 1.54) is 32.1 Å². The summed E-state index contributed by atoms with van der Waals surface area (Å²) < 4.78 is 0. The number of nitrogens with zero attached hydrogens (tertiary/aromatic N) is 1. The number of carbonyl (C=O) groups is 1. The highest BCUT2D eigenvalue weighted by molar-refractivity contribution is 9.09. The van der Waals surface area contributed by atoms with Crippen molar-refractivity contribution < 1.29 is 4.79 Å². The Morgan fingerprint density at radius 3 is 2.47 bits per heavy atom. The standard InChI is InChI=1S/C12H20BrNO/c1-9(10-5-6-10)12(15)14(8-7-13)11-3-2-4-11/h9-11H,2-8H2,1H3. The number of rotatable bonds is 5. The molecule has 1 atom stereocenters. The Morgan fingerprint density at radius 2 is 2.07 bits per heavy atom. The molecule has 3 heteroatoms. The number of carbonyl (C=O) groups excluding carboxylic acids is 1. The van der Waals surface area contributed by atoms with E-state index in [1.807, 2.05) is 0 Å². The van der Waals surface area contributed by atoms with Gasteiger partial charge in [0.25, 0.3) is 0 Å². The van der Waals surface area contributed by atoms with Crippen molar-refractivity contribution in [1.82, 2.24) is 4.90 Å². The van der Waals surface area contributed by atoms with E-state index in [1.54, 1.807) is 0 Å². The molecule has 0 aromatic carbocycles. The summed E-state index contributed by atoms with van der Waals surface area (Å²) in [5.41, 5.74) is 0. The Kier molecular flexibility index (Phi) is 3.70. The van der Waals surface area contributed by atoms with Gasteiger partial charge in [0.15, 0.2) is 0 Å². The molecule has 2 nitrogen and oxygen atoms in total. The molecule has 0 aliphatic heterocycles. The number of alkyl halides is 1. The van der Waals surface area contributed by atoms with E-state index in [0.29, 0.717) is 17.9 Å². The first-order chi connectivity index (χ1) is 7.24. The van der Waals surface area contributed by atoms with Gasteiger partial charge >= 0.3 is 0 Å². The van der Waals surface area contributed by atoms with Crippen LogP contribution in [-0.2, 0) is 4.79 Å². The van der Waals surface area contributed by atoms with E-state index in [0.717, 1.165) is 11.9 Å². The molecule has 2 aliphatic carbocycles. The van der Waals surface area contributed by atoms with Crippen molar-refractivity contribution in [1.29, 1.82) is 0 Å². The minimum Gasteiger partial charge on any atom is -0.339 e. The summed E-state index contributed by atoms with van der Waals surface area (Å²) >= 11 is 3.45. The van der Waals surface area contributed by atoms with E-state index in [2.05, 4.69) is 27.8 Å². The topological polar surface area (TPSA) is 20.3 Å². The Balaban J connectivity index is 1.92. The Bertz CT molecular complexity index is 236. The minimum absolute atomic E-state index is 0.268. The molecule has 0 radical (unpaired) electrons. The highest BCUT2D eigenvalue weighted by Crippen LogP contribution is 2.38. The lowest BCUT2D eigenvalue weighted by Crippen LogP contribution is -2.47. The summed E-state index contributed by atoms with van der Waals surface area (Å²) in [4.78, 5) is 14.4. The van der Waals surface area contributed by atoms with E-state index >= 15 is 0 Å². The predicted molar refractivity (Wildman–Crippen MR) is 65.0 cm³/mol. The lowest BCUT2D eigenvalue weighted by atomic mass is 9.90. The van der Waals surface area contributed by atoms with Crippen molar-refractivity contribution >= 4 is 21.8 Å². The Hall–Kier alpha value is -0.0500. The van der Waals surface area contributed by atoms with Gasteiger partial charge in [0.05, 0.1) is 0 Å². The molecule has 2 saturated carbocycles. The quantitative estimate of drug-likeness (QED) is 0.706. The Morgan fingerprint density at radius 1 is 1.40 bits per heavy atom. The monoisotopic (exact) mass is 273 g/mol. The molecule has 2 rings (SSSR count). The van der Waals surface area contributed by atoms with Crippen LogP contribution < -0.4 is 0 Å². The summed E-state index contributed by atoms with van der Waals surface area (Å²) in [6, 6.07) is 0.552. The first-order valence-electron chi connectivity index (χ1n) is 6.10. The molecule has 1 unspecified atom stereocenters. The van der Waals surface area contributed by atoms with Gasteiger partial charge in [0.1, 0.15) is 0 Å². The molecular weight excluding hydrogens is 254 g/mol. The normalized spacial score (nSPS) is 23.3. The fourth-order valence-electron chi connectivity index (χ4n) is 2.32. The van der Waals surface area contributed by atoms with Gasteiger partial charge < -0.3 is 4.90 Å². The van der Waals surface area contributed by atoms with Crippen LogP contribution >= 0.6 is 15.9 Å². The fraction of sp³-hybridized carbons (Fsp3) is 0.917. The largest absolute Gasteiger partial charge is 0.339 e. The van der Waals surface area contributed by atoms with E-state index in [-0.39, 0.29) is 5.92 Å². The zero-order chi connectivity index (χ0) is 10.8. The highest BCUT2D eigenvalue weighted by Gasteiger charge is 2.37. The zero-order valence-electron chi connectivity index (χ0n) is 9.42. The van der Waals surface area contributed by atoms with Crippen LogP contribution in [0, 0.1) is 11.8 Å². The first kappa shape index (κ1) is 11.4. The van der Waals surface area contributed by atoms with Crippen molar-refractivity contribution in [2.45, 2.75) is 45.1 Å². The van der Waals surface area contributed by atoms with Gasteiger partial charge in [-0.05, 0) is 38.0 Å². The summed E-state index contributed by atoms with van der Waals surface area (Å²) in [5, 5.41) is 0.909. The average molecular weight is 274 g/mol. The fourth-order valence-corrected chi connectivity index (χ4v) is 2.70. The number of hydrogen-bond acceptors (Lipinski definition) is 1. The minimum atomic E-state index is 0.268. The van der Waals surface area contributed by atoms with Gasteiger partial charge in [-0.3, -0.25) is 4.79 Å². The van der Waals surface area contributed by atoms with Crippen LogP contribution in [0.4, 0.5) is 0 Å². The van der Waals surface area contributed by atoms with E-state index < -0.39 is 0 Å². The molecule has 0 bridgehead atoms. The maximum absolute atomic E-state index is 12.3. The summed E-state index contributed by atoms with van der Waals surface area (Å²) in [5.74, 6) is 1.36. The molecule has 1 amide bonds. The predicted octanol–water partition coefficient (Wildman–Crippen LogP) is 2.81. The van der Waals surface area contributed by atoms with Crippen LogP contribution in [-0.4, -0.2) is 28.7 Å². The maximum Gasteiger partial charge on any atom is 0.225 e. The lowest BCUT2D eigenvalue weighted by Gasteiger charge is -2.38. The second-order valence-corrected chi connectivity index (χ2v) is 5.72. The van der Waals surface area contributed by atoms with Crippen molar-refractivity contribution in [2.75, 3.05) is 11.9 Å². The number of amides is 1. The van der Waals surface area contributed by atoms with Crippen LogP contribution in [0.2, 0.25) is 0 Å². The van der Waals surface area contributed by atoms with Gasteiger partial charge in [-0.25, -0.2) is 0 Å². The molecule has 86 valence electrons. The molecule has 0 heterocycles. The third-order valence-corrected chi connectivity index (χ3v) is 4.20. The smallest absolute Gasteiger partial charge is 0.225 e. The molecule has 15 heavy (non-hydrogen) atoms.